The first kappa shape index (κ1) is 10.5. The van der Waals surface area contributed by atoms with E-state index < -0.39 is 0 Å². The molecule has 0 bridgehead atoms. The molecule has 0 amide bonds. The molecule has 0 N–H and O–H groups in total. The van der Waals surface area contributed by atoms with Crippen LogP contribution in [-0.2, 0) is 6.42 Å². The van der Waals surface area contributed by atoms with E-state index in [0.29, 0.717) is 0 Å². The highest BCUT2D eigenvalue weighted by Crippen LogP contribution is 2.33. The van der Waals surface area contributed by atoms with Crippen molar-refractivity contribution in [1.29, 1.82) is 0 Å². The van der Waals surface area contributed by atoms with Gasteiger partial charge in [-0.15, -0.1) is 11.3 Å². The van der Waals surface area contributed by atoms with Gasteiger partial charge >= 0.3 is 0 Å². The maximum Gasteiger partial charge on any atom is 0.0351 e. The Morgan fingerprint density at radius 3 is 2.53 bits per heavy atom. The van der Waals surface area contributed by atoms with Crippen molar-refractivity contribution in [2.75, 3.05) is 0 Å². The van der Waals surface area contributed by atoms with Crippen LogP contribution in [0.2, 0.25) is 0 Å². The predicted octanol–water partition coefficient (Wildman–Crippen LogP) is 5.13. The fraction of sp³-hybridized carbons (Fsp3) is 0.125. The van der Waals surface area contributed by atoms with Crippen molar-refractivity contribution in [1.82, 2.24) is 0 Å². The summed E-state index contributed by atoms with van der Waals surface area (Å²) < 4.78 is 0. The van der Waals surface area contributed by atoms with E-state index >= 15 is 0 Å². The van der Waals surface area contributed by atoms with Crippen LogP contribution in [0.4, 0.5) is 0 Å². The zero-order valence-corrected chi connectivity index (χ0v) is 10.6. The Balaban J connectivity index is 2.23. The zero-order valence-electron chi connectivity index (χ0n) is 9.81. The minimum Gasteiger partial charge on any atom is -0.140 e. The molecule has 84 valence electrons. The van der Waals surface area contributed by atoms with Crippen LogP contribution in [0.3, 0.4) is 0 Å². The van der Waals surface area contributed by atoms with Crippen LogP contribution in [0, 0.1) is 0 Å². The lowest BCUT2D eigenvalue weighted by atomic mass is 10.0. The molecule has 3 rings (SSSR count). The lowest BCUT2D eigenvalue weighted by Gasteiger charge is -2.03. The summed E-state index contributed by atoms with van der Waals surface area (Å²) in [4.78, 5) is 2.83. The Hall–Kier alpha value is -1.60. The molecule has 1 heteroatoms. The average Bonchev–Trinajstić information content (AvgIpc) is 2.87. The second-order valence-corrected chi connectivity index (χ2v) is 5.31. The summed E-state index contributed by atoms with van der Waals surface area (Å²) in [6.07, 6.45) is 1.12. The molecule has 0 nitrogen and oxygen atoms in total. The molecule has 17 heavy (non-hydrogen) atoms. The van der Waals surface area contributed by atoms with Crippen LogP contribution in [0.15, 0.2) is 54.6 Å². The van der Waals surface area contributed by atoms with Gasteiger partial charge < -0.3 is 0 Å². The Morgan fingerprint density at radius 1 is 0.882 bits per heavy atom. The predicted molar refractivity (Wildman–Crippen MR) is 76.6 cm³/mol. The Bertz CT molecular complexity index is 644. The monoisotopic (exact) mass is 238 g/mol. The van der Waals surface area contributed by atoms with Gasteiger partial charge in [-0.1, -0.05) is 49.4 Å². The highest BCUT2D eigenvalue weighted by molar-refractivity contribution is 7.15. The van der Waals surface area contributed by atoms with Crippen LogP contribution >= 0.6 is 11.3 Å². The third-order valence-electron chi connectivity index (χ3n) is 3.07. The first-order valence-electron chi connectivity index (χ1n) is 5.95. The SMILES string of the molecule is CCc1ccc(-c2cccc3ccccc23)s1. The third kappa shape index (κ3) is 1.87. The minimum atomic E-state index is 1.12. The quantitative estimate of drug-likeness (QED) is 0.580. The molecule has 0 spiro atoms. The van der Waals surface area contributed by atoms with Gasteiger partial charge in [0.1, 0.15) is 0 Å². The number of hydrogen-bond donors (Lipinski definition) is 0. The Kier molecular flexibility index (Phi) is 2.69. The molecule has 0 aliphatic carbocycles. The highest BCUT2D eigenvalue weighted by atomic mass is 32.1. The van der Waals surface area contributed by atoms with Crippen molar-refractivity contribution in [3.8, 4) is 10.4 Å². The molecule has 0 fully saturated rings. The molecule has 0 saturated carbocycles. The fourth-order valence-corrected chi connectivity index (χ4v) is 3.14. The van der Waals surface area contributed by atoms with Crippen LogP contribution in [0.25, 0.3) is 21.2 Å². The van der Waals surface area contributed by atoms with E-state index in [0.717, 1.165) is 6.42 Å². The largest absolute Gasteiger partial charge is 0.140 e. The van der Waals surface area contributed by atoms with E-state index in [1.54, 1.807) is 0 Å². The number of aryl methyl sites for hydroxylation is 1. The van der Waals surface area contributed by atoms with Crippen LogP contribution in [0.1, 0.15) is 11.8 Å². The number of fused-ring (bicyclic) bond motifs is 1. The molecule has 3 aromatic rings. The summed E-state index contributed by atoms with van der Waals surface area (Å²) >= 11 is 1.90. The van der Waals surface area contributed by atoms with Crippen LogP contribution in [-0.4, -0.2) is 0 Å². The van der Waals surface area contributed by atoms with Crippen molar-refractivity contribution in [2.45, 2.75) is 13.3 Å². The van der Waals surface area contributed by atoms with Gasteiger partial charge in [0, 0.05) is 9.75 Å². The van der Waals surface area contributed by atoms with E-state index in [1.807, 2.05) is 11.3 Å². The summed E-state index contributed by atoms with van der Waals surface area (Å²) in [7, 11) is 0. The topological polar surface area (TPSA) is 0 Å². The second-order valence-electron chi connectivity index (χ2n) is 4.15. The average molecular weight is 238 g/mol. The van der Waals surface area contributed by atoms with Gasteiger partial charge in [-0.25, -0.2) is 0 Å². The van der Waals surface area contributed by atoms with Crippen molar-refractivity contribution in [2.24, 2.45) is 0 Å². The second kappa shape index (κ2) is 4.34. The minimum absolute atomic E-state index is 1.12. The van der Waals surface area contributed by atoms with E-state index in [1.165, 1.54) is 26.1 Å². The highest BCUT2D eigenvalue weighted by Gasteiger charge is 2.05. The molecular weight excluding hydrogens is 224 g/mol. The van der Waals surface area contributed by atoms with Gasteiger partial charge in [0.05, 0.1) is 0 Å². The summed E-state index contributed by atoms with van der Waals surface area (Å²) in [5, 5.41) is 2.66. The van der Waals surface area contributed by atoms with E-state index in [2.05, 4.69) is 61.5 Å². The van der Waals surface area contributed by atoms with Crippen molar-refractivity contribution in [3.63, 3.8) is 0 Å². The van der Waals surface area contributed by atoms with Gasteiger partial charge in [-0.3, -0.25) is 0 Å². The summed E-state index contributed by atoms with van der Waals surface area (Å²) in [6, 6.07) is 19.6. The smallest absolute Gasteiger partial charge is 0.0351 e. The van der Waals surface area contributed by atoms with Gasteiger partial charge in [0.2, 0.25) is 0 Å². The number of benzene rings is 2. The standard InChI is InChI=1S/C16H14S/c1-2-13-10-11-16(17-13)15-9-5-7-12-6-3-4-8-14(12)15/h3-11H,2H2,1H3. The summed E-state index contributed by atoms with van der Waals surface area (Å²) in [5.41, 5.74) is 1.35. The molecule has 1 heterocycles. The number of thiophene rings is 1. The maximum absolute atomic E-state index is 2.24. The lowest BCUT2D eigenvalue weighted by molar-refractivity contribution is 1.19. The van der Waals surface area contributed by atoms with Gasteiger partial charge in [-0.2, -0.15) is 0 Å². The maximum atomic E-state index is 2.24. The summed E-state index contributed by atoms with van der Waals surface area (Å²) in [5.74, 6) is 0. The Labute approximate surface area is 106 Å². The van der Waals surface area contributed by atoms with Crippen molar-refractivity contribution >= 4 is 22.1 Å². The van der Waals surface area contributed by atoms with E-state index in [4.69, 9.17) is 0 Å². The van der Waals surface area contributed by atoms with Gasteiger partial charge in [0.25, 0.3) is 0 Å². The van der Waals surface area contributed by atoms with Crippen molar-refractivity contribution < 1.29 is 0 Å². The van der Waals surface area contributed by atoms with Crippen molar-refractivity contribution in [3.05, 3.63) is 59.5 Å². The molecule has 0 aliphatic rings. The first-order valence-corrected chi connectivity index (χ1v) is 6.77. The number of rotatable bonds is 2. The van der Waals surface area contributed by atoms with Crippen LogP contribution in [0.5, 0.6) is 0 Å². The molecule has 2 aromatic carbocycles. The van der Waals surface area contributed by atoms with Crippen LogP contribution < -0.4 is 0 Å². The third-order valence-corrected chi connectivity index (χ3v) is 4.33. The number of hydrogen-bond acceptors (Lipinski definition) is 1. The molecular formula is C16H14S. The van der Waals surface area contributed by atoms with Gasteiger partial charge in [-0.05, 0) is 34.9 Å². The molecule has 0 radical (unpaired) electrons. The molecule has 1 aromatic heterocycles. The lowest BCUT2D eigenvalue weighted by Crippen LogP contribution is -1.76. The molecule has 0 unspecified atom stereocenters. The molecule has 0 aliphatic heterocycles. The summed E-state index contributed by atoms with van der Waals surface area (Å²) in [6.45, 7) is 2.21. The fourth-order valence-electron chi connectivity index (χ4n) is 2.15. The normalized spacial score (nSPS) is 10.9. The molecule has 0 atom stereocenters. The first-order chi connectivity index (χ1) is 8.38. The van der Waals surface area contributed by atoms with E-state index in [9.17, 15) is 0 Å². The zero-order chi connectivity index (χ0) is 11.7. The molecule has 0 saturated heterocycles. The Morgan fingerprint density at radius 2 is 1.71 bits per heavy atom. The van der Waals surface area contributed by atoms with E-state index in [-0.39, 0.29) is 0 Å². The van der Waals surface area contributed by atoms with Gasteiger partial charge in [0.15, 0.2) is 0 Å².